The first-order valence-corrected chi connectivity index (χ1v) is 8.89. The van der Waals surface area contributed by atoms with Gasteiger partial charge in [-0.2, -0.15) is 18.3 Å². The third-order valence-corrected chi connectivity index (χ3v) is 5.25. The van der Waals surface area contributed by atoms with Gasteiger partial charge in [0.1, 0.15) is 11.3 Å². The summed E-state index contributed by atoms with van der Waals surface area (Å²) < 4.78 is 46.1. The molecule has 1 N–H and O–H groups in total. The Labute approximate surface area is 159 Å². The molecule has 0 aliphatic carbocycles. The lowest BCUT2D eigenvalue weighted by molar-refractivity contribution is -0.137. The predicted molar refractivity (Wildman–Crippen MR) is 95.9 cm³/mol. The molecular formula is C19H19F3N4O2. The van der Waals surface area contributed by atoms with Crippen molar-refractivity contribution < 1.29 is 23.0 Å². The highest BCUT2D eigenvalue weighted by Gasteiger charge is 2.33. The molecule has 3 heterocycles. The van der Waals surface area contributed by atoms with Gasteiger partial charge >= 0.3 is 6.18 Å². The van der Waals surface area contributed by atoms with Crippen LogP contribution in [0.25, 0.3) is 22.4 Å². The van der Waals surface area contributed by atoms with Crippen LogP contribution in [0.1, 0.15) is 30.9 Å². The predicted octanol–water partition coefficient (Wildman–Crippen LogP) is 4.05. The average molecular weight is 392 g/mol. The van der Waals surface area contributed by atoms with Crippen molar-refractivity contribution in [3.05, 3.63) is 35.7 Å². The summed E-state index contributed by atoms with van der Waals surface area (Å²) in [5.74, 6) is -0.489. The molecular weight excluding hydrogens is 373 g/mol. The number of aryl methyl sites for hydroxylation is 1. The van der Waals surface area contributed by atoms with E-state index in [0.717, 1.165) is 18.9 Å². The molecule has 1 aromatic carbocycles. The molecule has 0 saturated carbocycles. The molecule has 0 unspecified atom stereocenters. The minimum atomic E-state index is -4.53. The van der Waals surface area contributed by atoms with Crippen molar-refractivity contribution in [2.24, 2.45) is 0 Å². The lowest BCUT2D eigenvalue weighted by atomic mass is 9.93. The monoisotopic (exact) mass is 392 g/mol. The van der Waals surface area contributed by atoms with Gasteiger partial charge in [0.15, 0.2) is 5.65 Å². The Morgan fingerprint density at radius 2 is 1.93 bits per heavy atom. The number of hydrogen-bond acceptors (Lipinski definition) is 5. The summed E-state index contributed by atoms with van der Waals surface area (Å²) in [5.41, 5.74) is 0.610. The molecule has 1 fully saturated rings. The van der Waals surface area contributed by atoms with Crippen LogP contribution in [0.15, 0.2) is 24.5 Å². The minimum Gasteiger partial charge on any atom is -0.507 e. The normalized spacial score (nSPS) is 17.2. The van der Waals surface area contributed by atoms with Crippen LogP contribution in [0.3, 0.4) is 0 Å². The zero-order valence-electron chi connectivity index (χ0n) is 15.4. The standard InChI is InChI=1S/C19H19F3N4O2/c1-11-7-12(19(20,21)22)8-15(27)16(11)13-9-23-14-10-26(25-17(14)24-13)18(2)3-5-28-6-4-18/h7-10,27H,3-6H2,1-2H3. The van der Waals surface area contributed by atoms with E-state index in [1.807, 2.05) is 10.9 Å². The number of ether oxygens (including phenoxy) is 1. The Bertz CT molecular complexity index is 1020. The number of aromatic hydroxyl groups is 1. The summed E-state index contributed by atoms with van der Waals surface area (Å²) in [6.07, 6.45) is 0.348. The van der Waals surface area contributed by atoms with Crippen molar-refractivity contribution >= 4 is 11.2 Å². The summed E-state index contributed by atoms with van der Waals surface area (Å²) in [5, 5.41) is 14.7. The maximum absolute atomic E-state index is 12.9. The van der Waals surface area contributed by atoms with Gasteiger partial charge in [0, 0.05) is 18.8 Å². The second kappa shape index (κ2) is 6.44. The molecule has 3 aromatic rings. The Hall–Kier alpha value is -2.68. The van der Waals surface area contributed by atoms with Crippen LogP contribution < -0.4 is 0 Å². The van der Waals surface area contributed by atoms with Crippen LogP contribution in [-0.4, -0.2) is 38.1 Å². The molecule has 6 nitrogen and oxygen atoms in total. The van der Waals surface area contributed by atoms with Crippen LogP contribution in [0, 0.1) is 6.92 Å². The first-order chi connectivity index (χ1) is 13.2. The zero-order chi connectivity index (χ0) is 20.1. The van der Waals surface area contributed by atoms with Gasteiger partial charge in [0.25, 0.3) is 0 Å². The first-order valence-electron chi connectivity index (χ1n) is 8.89. The maximum Gasteiger partial charge on any atom is 0.416 e. The van der Waals surface area contributed by atoms with Gasteiger partial charge in [-0.15, -0.1) is 0 Å². The number of phenols is 1. The number of aromatic nitrogens is 4. The number of alkyl halides is 3. The van der Waals surface area contributed by atoms with Gasteiger partial charge in [-0.25, -0.2) is 9.97 Å². The van der Waals surface area contributed by atoms with Crippen LogP contribution in [-0.2, 0) is 16.5 Å². The third-order valence-electron chi connectivity index (χ3n) is 5.25. The van der Waals surface area contributed by atoms with Crippen molar-refractivity contribution in [1.29, 1.82) is 0 Å². The summed E-state index contributed by atoms with van der Waals surface area (Å²) in [4.78, 5) is 8.79. The third kappa shape index (κ3) is 3.19. The number of nitrogens with zero attached hydrogens (tertiary/aromatic N) is 4. The topological polar surface area (TPSA) is 73.1 Å². The summed E-state index contributed by atoms with van der Waals surface area (Å²) in [6, 6.07) is 1.69. The number of phenolic OH excluding ortho intramolecular Hbond substituents is 1. The van der Waals surface area contributed by atoms with Crippen LogP contribution in [0.5, 0.6) is 5.75 Å². The molecule has 0 atom stereocenters. The molecule has 1 aliphatic rings. The van der Waals surface area contributed by atoms with Crippen LogP contribution in [0.4, 0.5) is 13.2 Å². The van der Waals surface area contributed by atoms with E-state index in [1.165, 1.54) is 13.1 Å². The van der Waals surface area contributed by atoms with E-state index in [9.17, 15) is 18.3 Å². The fourth-order valence-corrected chi connectivity index (χ4v) is 3.50. The van der Waals surface area contributed by atoms with E-state index in [-0.39, 0.29) is 22.4 Å². The smallest absolute Gasteiger partial charge is 0.416 e. The molecule has 4 rings (SSSR count). The minimum absolute atomic E-state index is 0.201. The fraction of sp³-hybridized carbons (Fsp3) is 0.421. The van der Waals surface area contributed by atoms with E-state index in [2.05, 4.69) is 22.0 Å². The van der Waals surface area contributed by atoms with Crippen molar-refractivity contribution in [2.75, 3.05) is 13.2 Å². The highest BCUT2D eigenvalue weighted by atomic mass is 19.4. The van der Waals surface area contributed by atoms with Crippen molar-refractivity contribution in [2.45, 2.75) is 38.4 Å². The van der Waals surface area contributed by atoms with Gasteiger partial charge in [-0.1, -0.05) is 0 Å². The molecule has 1 saturated heterocycles. The summed E-state index contributed by atoms with van der Waals surface area (Å²) >= 11 is 0. The largest absolute Gasteiger partial charge is 0.507 e. The molecule has 1 aliphatic heterocycles. The van der Waals surface area contributed by atoms with E-state index in [4.69, 9.17) is 4.74 Å². The first kappa shape index (κ1) is 18.7. The lowest BCUT2D eigenvalue weighted by Gasteiger charge is -2.33. The highest BCUT2D eigenvalue weighted by molar-refractivity contribution is 5.77. The van der Waals surface area contributed by atoms with Crippen molar-refractivity contribution in [3.8, 4) is 17.0 Å². The Kier molecular flexibility index (Phi) is 4.29. The van der Waals surface area contributed by atoms with Crippen molar-refractivity contribution in [1.82, 2.24) is 19.7 Å². The number of fused-ring (bicyclic) bond motifs is 1. The molecule has 148 valence electrons. The Morgan fingerprint density at radius 1 is 1.21 bits per heavy atom. The van der Waals surface area contributed by atoms with Gasteiger partial charge in [0.2, 0.25) is 0 Å². The SMILES string of the molecule is Cc1cc(C(F)(F)F)cc(O)c1-c1cnc2cn(C3(C)CCOCC3)nc2n1. The van der Waals surface area contributed by atoms with E-state index < -0.39 is 17.5 Å². The number of hydrogen-bond donors (Lipinski definition) is 1. The Balaban J connectivity index is 1.76. The quantitative estimate of drug-likeness (QED) is 0.712. The number of halogens is 3. The Morgan fingerprint density at radius 3 is 2.57 bits per heavy atom. The summed E-state index contributed by atoms with van der Waals surface area (Å²) in [7, 11) is 0. The van der Waals surface area contributed by atoms with Gasteiger partial charge in [-0.05, 0) is 44.4 Å². The van der Waals surface area contributed by atoms with Crippen LogP contribution in [0.2, 0.25) is 0 Å². The van der Waals surface area contributed by atoms with E-state index in [1.54, 1.807) is 0 Å². The zero-order valence-corrected chi connectivity index (χ0v) is 15.4. The average Bonchev–Trinajstić information content (AvgIpc) is 3.05. The van der Waals surface area contributed by atoms with E-state index >= 15 is 0 Å². The number of rotatable bonds is 2. The van der Waals surface area contributed by atoms with Gasteiger partial charge < -0.3 is 9.84 Å². The van der Waals surface area contributed by atoms with Crippen LogP contribution >= 0.6 is 0 Å². The molecule has 0 spiro atoms. The molecule has 2 aromatic heterocycles. The fourth-order valence-electron chi connectivity index (χ4n) is 3.50. The molecule has 0 radical (unpaired) electrons. The highest BCUT2D eigenvalue weighted by Crippen LogP contribution is 2.38. The second-order valence-electron chi connectivity index (χ2n) is 7.33. The maximum atomic E-state index is 12.9. The molecule has 0 bridgehead atoms. The molecule has 0 amide bonds. The lowest BCUT2D eigenvalue weighted by Crippen LogP contribution is -2.37. The second-order valence-corrected chi connectivity index (χ2v) is 7.33. The molecule has 9 heteroatoms. The number of benzene rings is 1. The van der Waals surface area contributed by atoms with Gasteiger partial charge in [-0.3, -0.25) is 4.68 Å². The van der Waals surface area contributed by atoms with E-state index in [0.29, 0.717) is 30.4 Å². The van der Waals surface area contributed by atoms with Crippen molar-refractivity contribution in [3.63, 3.8) is 0 Å². The summed E-state index contributed by atoms with van der Waals surface area (Å²) in [6.45, 7) is 4.89. The molecule has 28 heavy (non-hydrogen) atoms. The van der Waals surface area contributed by atoms with Gasteiger partial charge in [0.05, 0.1) is 29.2 Å².